The normalized spacial score (nSPS) is 9.88. The summed E-state index contributed by atoms with van der Waals surface area (Å²) in [5.41, 5.74) is 4.31. The fourth-order valence-electron chi connectivity index (χ4n) is 3.09. The van der Waals surface area contributed by atoms with Crippen LogP contribution in [0.3, 0.4) is 0 Å². The van der Waals surface area contributed by atoms with Gasteiger partial charge < -0.3 is 9.97 Å². The van der Waals surface area contributed by atoms with Crippen LogP contribution in [-0.4, -0.2) is 9.97 Å². The molecule has 3 aromatic carbocycles. The number of pyridine rings is 2. The zero-order valence-corrected chi connectivity index (χ0v) is 19.8. The average molecular weight is 613 g/mol. The largest absolute Gasteiger partial charge is 0.305 e. The van der Waals surface area contributed by atoms with Gasteiger partial charge in [-0.25, -0.2) is 4.39 Å². The maximum atomic E-state index is 13.8. The van der Waals surface area contributed by atoms with Crippen molar-refractivity contribution in [3.63, 3.8) is 0 Å². The third kappa shape index (κ3) is 6.48. The van der Waals surface area contributed by atoms with Crippen molar-refractivity contribution in [3.05, 3.63) is 133 Å². The molecule has 0 saturated carbocycles. The van der Waals surface area contributed by atoms with Crippen LogP contribution in [0.15, 0.2) is 109 Å². The molecule has 0 unspecified atom stereocenters. The van der Waals surface area contributed by atoms with Crippen LogP contribution in [0.1, 0.15) is 0 Å². The number of aromatic nitrogens is 2. The van der Waals surface area contributed by atoms with E-state index in [2.05, 4.69) is 22.1 Å². The second kappa shape index (κ2) is 11.9. The summed E-state index contributed by atoms with van der Waals surface area (Å²) in [5, 5.41) is 0. The molecule has 0 aliphatic rings. The molecule has 0 bridgehead atoms. The van der Waals surface area contributed by atoms with Gasteiger partial charge in [-0.2, -0.15) is 0 Å². The van der Waals surface area contributed by atoms with Gasteiger partial charge in [-0.1, -0.05) is 54.1 Å². The Kier molecular flexibility index (Phi) is 8.70. The van der Waals surface area contributed by atoms with E-state index in [1.807, 2.05) is 78.9 Å². The van der Waals surface area contributed by atoms with E-state index in [4.69, 9.17) is 0 Å². The molecule has 2 heterocycles. The number of nitrogens with zero attached hydrogens (tertiary/aromatic N) is 2. The third-order valence-corrected chi connectivity index (χ3v) is 4.63. The monoisotopic (exact) mass is 613 g/mol. The second-order valence-corrected chi connectivity index (χ2v) is 6.82. The zero-order chi connectivity index (χ0) is 22.2. The van der Waals surface area contributed by atoms with Gasteiger partial charge in [0.15, 0.2) is 0 Å². The van der Waals surface area contributed by atoms with Crippen LogP contribution in [0, 0.1) is 23.8 Å². The van der Waals surface area contributed by atoms with Crippen molar-refractivity contribution >= 4 is 0 Å². The quantitative estimate of drug-likeness (QED) is 0.204. The first-order chi connectivity index (χ1) is 15.7. The van der Waals surface area contributed by atoms with Gasteiger partial charge in [0.25, 0.3) is 0 Å². The molecule has 2 aromatic heterocycles. The van der Waals surface area contributed by atoms with Crippen LogP contribution in [0.4, 0.5) is 8.78 Å². The first-order valence-corrected chi connectivity index (χ1v) is 9.98. The molecule has 1 radical (unpaired) electrons. The molecule has 165 valence electrons. The van der Waals surface area contributed by atoms with Gasteiger partial charge >= 0.3 is 0 Å². The molecule has 0 spiro atoms. The minimum absolute atomic E-state index is 0. The summed E-state index contributed by atoms with van der Waals surface area (Å²) in [6.45, 7) is 0. The molecule has 5 aromatic rings. The zero-order valence-electron chi connectivity index (χ0n) is 17.4. The maximum absolute atomic E-state index is 13.8. The van der Waals surface area contributed by atoms with Crippen molar-refractivity contribution < 1.29 is 28.9 Å². The molecule has 0 fully saturated rings. The van der Waals surface area contributed by atoms with Gasteiger partial charge in [-0.3, -0.25) is 4.39 Å². The topological polar surface area (TPSA) is 25.8 Å². The van der Waals surface area contributed by atoms with Crippen LogP contribution >= 0.6 is 0 Å². The van der Waals surface area contributed by atoms with Crippen molar-refractivity contribution in [3.8, 4) is 33.6 Å². The summed E-state index contributed by atoms with van der Waals surface area (Å²) in [6.07, 6.45) is 3.37. The van der Waals surface area contributed by atoms with E-state index in [-0.39, 0.29) is 25.7 Å². The van der Waals surface area contributed by atoms with Crippen LogP contribution in [0.25, 0.3) is 33.6 Å². The van der Waals surface area contributed by atoms with Crippen LogP contribution in [0.5, 0.6) is 0 Å². The Hall–Kier alpha value is -3.53. The summed E-state index contributed by atoms with van der Waals surface area (Å²) in [5.74, 6) is -1.14. The number of hydrogen-bond acceptors (Lipinski definition) is 2. The van der Waals surface area contributed by atoms with Crippen molar-refractivity contribution in [1.82, 2.24) is 9.97 Å². The van der Waals surface area contributed by atoms with E-state index in [0.717, 1.165) is 34.5 Å². The Morgan fingerprint density at radius 2 is 1.39 bits per heavy atom. The van der Waals surface area contributed by atoms with Gasteiger partial charge in [0.1, 0.15) is 0 Å². The number of rotatable bonds is 3. The van der Waals surface area contributed by atoms with Crippen molar-refractivity contribution in [2.75, 3.05) is 0 Å². The fraction of sp³-hybridized carbons (Fsp3) is 0. The fourth-order valence-corrected chi connectivity index (χ4v) is 3.09. The van der Waals surface area contributed by atoms with Crippen LogP contribution < -0.4 is 0 Å². The summed E-state index contributed by atoms with van der Waals surface area (Å²) in [6, 6.07) is 34.5. The summed E-state index contributed by atoms with van der Waals surface area (Å²) < 4.78 is 27.0. The van der Waals surface area contributed by atoms with E-state index in [0.29, 0.717) is 5.69 Å². The van der Waals surface area contributed by atoms with E-state index >= 15 is 0 Å². The van der Waals surface area contributed by atoms with E-state index < -0.39 is 11.6 Å². The SMILES string of the molecule is Fc1[c-]c(-c2cc(-c3ccccc3)ccn2)c(F)cc1.[Ir].[c-]1ccccc1-c1ccccn1. The van der Waals surface area contributed by atoms with Gasteiger partial charge in [0.05, 0.1) is 0 Å². The standard InChI is InChI=1S/C17H10F2N.C11H8N.Ir/c18-14-6-7-16(19)15(11-14)17-10-13(8-9-20-17)12-4-2-1-3-5-12;1-2-6-10(7-3-1)11-8-4-5-9-12-11;/h1-10H;1-6,8-9H;/q2*-1;. The second-order valence-electron chi connectivity index (χ2n) is 6.82. The minimum atomic E-state index is -0.603. The molecule has 0 aliphatic heterocycles. The third-order valence-electron chi connectivity index (χ3n) is 4.63. The number of halogens is 2. The number of benzene rings is 3. The summed E-state index contributed by atoms with van der Waals surface area (Å²) >= 11 is 0. The predicted octanol–water partition coefficient (Wildman–Crippen LogP) is 7.04. The molecular weight excluding hydrogens is 595 g/mol. The molecule has 0 N–H and O–H groups in total. The Morgan fingerprint density at radius 3 is 2.12 bits per heavy atom. The number of hydrogen-bond donors (Lipinski definition) is 0. The van der Waals surface area contributed by atoms with E-state index in [9.17, 15) is 8.78 Å². The molecule has 0 atom stereocenters. The Balaban J connectivity index is 0.000000202. The molecule has 0 saturated heterocycles. The molecule has 5 heteroatoms. The molecule has 2 nitrogen and oxygen atoms in total. The summed E-state index contributed by atoms with van der Waals surface area (Å²) in [7, 11) is 0. The van der Waals surface area contributed by atoms with Gasteiger partial charge in [-0.15, -0.1) is 54.1 Å². The molecule has 0 aliphatic carbocycles. The first-order valence-electron chi connectivity index (χ1n) is 9.98. The maximum Gasteiger partial charge on any atom is 0.0407 e. The molecule has 5 rings (SSSR count). The average Bonchev–Trinajstić information content (AvgIpc) is 2.88. The van der Waals surface area contributed by atoms with Crippen LogP contribution in [0.2, 0.25) is 0 Å². The van der Waals surface area contributed by atoms with E-state index in [1.54, 1.807) is 18.5 Å². The van der Waals surface area contributed by atoms with Gasteiger partial charge in [0.2, 0.25) is 0 Å². The van der Waals surface area contributed by atoms with Crippen LogP contribution in [-0.2, 0) is 20.1 Å². The predicted molar refractivity (Wildman–Crippen MR) is 122 cm³/mol. The Bertz CT molecular complexity index is 1240. The van der Waals surface area contributed by atoms with Crippen molar-refractivity contribution in [1.29, 1.82) is 0 Å². The first kappa shape index (κ1) is 24.1. The molecule has 33 heavy (non-hydrogen) atoms. The Morgan fingerprint density at radius 1 is 0.636 bits per heavy atom. The summed E-state index contributed by atoms with van der Waals surface area (Å²) in [4.78, 5) is 8.32. The minimum Gasteiger partial charge on any atom is -0.305 e. The smallest absolute Gasteiger partial charge is 0.0407 e. The van der Waals surface area contributed by atoms with Gasteiger partial charge in [-0.05, 0) is 34.6 Å². The van der Waals surface area contributed by atoms with Crippen molar-refractivity contribution in [2.45, 2.75) is 0 Å². The van der Waals surface area contributed by atoms with E-state index in [1.165, 1.54) is 0 Å². The van der Waals surface area contributed by atoms with Gasteiger partial charge in [0, 0.05) is 44.1 Å². The molecular formula is C28H18F2IrN2-2. The van der Waals surface area contributed by atoms with Crippen molar-refractivity contribution in [2.24, 2.45) is 0 Å². The Labute approximate surface area is 205 Å². The molecule has 0 amide bonds.